The number of carbonyl (C=O) groups is 1. The van der Waals surface area contributed by atoms with Crippen molar-refractivity contribution in [1.29, 1.82) is 0 Å². The normalized spacial score (nSPS) is 10.6. The molecule has 1 aromatic heterocycles. The van der Waals surface area contributed by atoms with Crippen LogP contribution >= 0.6 is 11.6 Å². The first-order valence-electron chi connectivity index (χ1n) is 6.39. The first-order valence-corrected chi connectivity index (χ1v) is 6.77. The van der Waals surface area contributed by atoms with E-state index in [4.69, 9.17) is 16.3 Å². The van der Waals surface area contributed by atoms with Gasteiger partial charge < -0.3 is 4.74 Å². The van der Waals surface area contributed by atoms with Crippen LogP contribution in [0.4, 0.5) is 0 Å². The standard InChI is InChI=1S/C14H16ClN3O2/c1-3-6-18-14(16-9-17-18)8-12(19)11-7-10(15)4-5-13(11)20-2/h4-5,7,9H,3,6,8H2,1-2H3. The number of ketones is 1. The van der Waals surface area contributed by atoms with Gasteiger partial charge in [0.15, 0.2) is 5.78 Å². The van der Waals surface area contributed by atoms with Gasteiger partial charge in [-0.25, -0.2) is 9.67 Å². The molecule has 0 aliphatic heterocycles. The highest BCUT2D eigenvalue weighted by molar-refractivity contribution is 6.31. The smallest absolute Gasteiger partial charge is 0.174 e. The number of rotatable bonds is 6. The average molecular weight is 294 g/mol. The van der Waals surface area contributed by atoms with Gasteiger partial charge in [0.05, 0.1) is 19.1 Å². The number of aryl methyl sites for hydroxylation is 1. The minimum Gasteiger partial charge on any atom is -0.496 e. The molecule has 0 atom stereocenters. The maximum absolute atomic E-state index is 12.4. The van der Waals surface area contributed by atoms with Gasteiger partial charge >= 0.3 is 0 Å². The van der Waals surface area contributed by atoms with Gasteiger partial charge in [-0.05, 0) is 24.6 Å². The van der Waals surface area contributed by atoms with Crippen LogP contribution in [0.25, 0.3) is 0 Å². The summed E-state index contributed by atoms with van der Waals surface area (Å²) < 4.78 is 6.94. The van der Waals surface area contributed by atoms with E-state index in [1.54, 1.807) is 22.9 Å². The first kappa shape index (κ1) is 14.5. The predicted octanol–water partition coefficient (Wildman–Crippen LogP) is 2.78. The van der Waals surface area contributed by atoms with Gasteiger partial charge in [-0.2, -0.15) is 5.10 Å². The zero-order chi connectivity index (χ0) is 14.5. The van der Waals surface area contributed by atoms with Crippen LogP contribution in [0.2, 0.25) is 5.02 Å². The fourth-order valence-corrected chi connectivity index (χ4v) is 2.13. The van der Waals surface area contributed by atoms with E-state index in [2.05, 4.69) is 10.1 Å². The first-order chi connectivity index (χ1) is 9.65. The zero-order valence-corrected chi connectivity index (χ0v) is 12.2. The summed E-state index contributed by atoms with van der Waals surface area (Å²) in [7, 11) is 1.53. The van der Waals surface area contributed by atoms with Crippen molar-refractivity contribution in [3.8, 4) is 5.75 Å². The number of hydrogen-bond donors (Lipinski definition) is 0. The Morgan fingerprint density at radius 2 is 2.25 bits per heavy atom. The molecule has 5 nitrogen and oxygen atoms in total. The molecule has 0 spiro atoms. The van der Waals surface area contributed by atoms with Crippen LogP contribution in [0.15, 0.2) is 24.5 Å². The van der Waals surface area contributed by atoms with Crippen LogP contribution in [-0.4, -0.2) is 27.7 Å². The van der Waals surface area contributed by atoms with Crippen molar-refractivity contribution in [3.63, 3.8) is 0 Å². The van der Waals surface area contributed by atoms with E-state index < -0.39 is 0 Å². The summed E-state index contributed by atoms with van der Waals surface area (Å²) in [6.07, 6.45) is 2.58. The number of halogens is 1. The van der Waals surface area contributed by atoms with Crippen LogP contribution in [-0.2, 0) is 13.0 Å². The Bertz CT molecular complexity index is 610. The third-order valence-electron chi connectivity index (χ3n) is 2.91. The molecule has 0 saturated heterocycles. The van der Waals surface area contributed by atoms with Crippen molar-refractivity contribution in [3.05, 3.63) is 40.9 Å². The number of Topliss-reactive ketones (excluding diaryl/α,β-unsaturated/α-hetero) is 1. The van der Waals surface area contributed by atoms with Crippen LogP contribution in [0.5, 0.6) is 5.75 Å². The van der Waals surface area contributed by atoms with Crippen molar-refractivity contribution in [2.75, 3.05) is 7.11 Å². The SMILES string of the molecule is CCCn1ncnc1CC(=O)c1cc(Cl)ccc1OC. The monoisotopic (exact) mass is 293 g/mol. The molecule has 106 valence electrons. The summed E-state index contributed by atoms with van der Waals surface area (Å²) in [5.41, 5.74) is 0.464. The molecule has 0 N–H and O–H groups in total. The molecule has 0 aliphatic rings. The van der Waals surface area contributed by atoms with Gasteiger partial charge in [0.2, 0.25) is 0 Å². The molecule has 1 heterocycles. The minimum atomic E-state index is -0.0882. The lowest BCUT2D eigenvalue weighted by Crippen LogP contribution is -2.12. The number of carbonyl (C=O) groups excluding carboxylic acids is 1. The Hall–Kier alpha value is -1.88. The fraction of sp³-hybridized carbons (Fsp3) is 0.357. The minimum absolute atomic E-state index is 0.0882. The van der Waals surface area contributed by atoms with Gasteiger partial charge in [-0.15, -0.1) is 0 Å². The third kappa shape index (κ3) is 3.17. The van der Waals surface area contributed by atoms with Gasteiger partial charge in [0.1, 0.15) is 17.9 Å². The highest BCUT2D eigenvalue weighted by Gasteiger charge is 2.16. The molecule has 0 radical (unpaired) electrons. The Morgan fingerprint density at radius 3 is 2.95 bits per heavy atom. The maximum atomic E-state index is 12.4. The number of methoxy groups -OCH3 is 1. The van der Waals surface area contributed by atoms with Crippen LogP contribution in [0.1, 0.15) is 29.5 Å². The number of nitrogens with zero attached hydrogens (tertiary/aromatic N) is 3. The highest BCUT2D eigenvalue weighted by Crippen LogP contribution is 2.23. The molecule has 2 aromatic rings. The summed E-state index contributed by atoms with van der Waals surface area (Å²) in [6, 6.07) is 4.99. The molecule has 0 amide bonds. The average Bonchev–Trinajstić information content (AvgIpc) is 2.86. The van der Waals surface area contributed by atoms with Crippen molar-refractivity contribution >= 4 is 17.4 Å². The number of aromatic nitrogens is 3. The van der Waals surface area contributed by atoms with E-state index in [1.807, 2.05) is 6.92 Å². The highest BCUT2D eigenvalue weighted by atomic mass is 35.5. The molecule has 2 rings (SSSR count). The van der Waals surface area contributed by atoms with Gasteiger partial charge in [0, 0.05) is 11.6 Å². The Balaban J connectivity index is 2.23. The largest absolute Gasteiger partial charge is 0.496 e. The van der Waals surface area contributed by atoms with Crippen molar-refractivity contribution in [2.45, 2.75) is 26.3 Å². The molecular weight excluding hydrogens is 278 g/mol. The van der Waals surface area contributed by atoms with Crippen molar-refractivity contribution in [2.24, 2.45) is 0 Å². The lowest BCUT2D eigenvalue weighted by Gasteiger charge is -2.08. The van der Waals surface area contributed by atoms with Crippen molar-refractivity contribution in [1.82, 2.24) is 14.8 Å². The van der Waals surface area contributed by atoms with E-state index in [0.717, 1.165) is 13.0 Å². The van der Waals surface area contributed by atoms with Gasteiger partial charge in [0.25, 0.3) is 0 Å². The van der Waals surface area contributed by atoms with Gasteiger partial charge in [-0.1, -0.05) is 18.5 Å². The van der Waals surface area contributed by atoms with Crippen LogP contribution in [0.3, 0.4) is 0 Å². The van der Waals surface area contributed by atoms with E-state index >= 15 is 0 Å². The molecule has 0 fully saturated rings. The van der Waals surface area contributed by atoms with E-state index in [-0.39, 0.29) is 12.2 Å². The second-order valence-corrected chi connectivity index (χ2v) is 4.78. The number of benzene rings is 1. The number of hydrogen-bond acceptors (Lipinski definition) is 4. The van der Waals surface area contributed by atoms with Crippen molar-refractivity contribution < 1.29 is 9.53 Å². The molecule has 20 heavy (non-hydrogen) atoms. The van der Waals surface area contributed by atoms with E-state index in [1.165, 1.54) is 13.4 Å². The summed E-state index contributed by atoms with van der Waals surface area (Å²) in [4.78, 5) is 16.5. The second-order valence-electron chi connectivity index (χ2n) is 4.34. The second kappa shape index (κ2) is 6.52. The summed E-state index contributed by atoms with van der Waals surface area (Å²) in [5, 5.41) is 4.61. The molecule has 0 aliphatic carbocycles. The molecule has 0 unspecified atom stereocenters. The fourth-order valence-electron chi connectivity index (χ4n) is 1.96. The zero-order valence-electron chi connectivity index (χ0n) is 11.5. The molecular formula is C14H16ClN3O2. The summed E-state index contributed by atoms with van der Waals surface area (Å²) >= 11 is 5.94. The summed E-state index contributed by atoms with van der Waals surface area (Å²) in [6.45, 7) is 2.79. The lowest BCUT2D eigenvalue weighted by molar-refractivity contribution is 0.0986. The summed E-state index contributed by atoms with van der Waals surface area (Å²) in [5.74, 6) is 1.08. The van der Waals surface area contributed by atoms with E-state index in [0.29, 0.717) is 22.2 Å². The van der Waals surface area contributed by atoms with Crippen LogP contribution in [0, 0.1) is 0 Å². The Labute approximate surface area is 122 Å². The predicted molar refractivity (Wildman–Crippen MR) is 76.4 cm³/mol. The maximum Gasteiger partial charge on any atom is 0.174 e. The molecule has 1 aromatic carbocycles. The molecule has 0 saturated carbocycles. The van der Waals surface area contributed by atoms with Gasteiger partial charge in [-0.3, -0.25) is 4.79 Å². The Morgan fingerprint density at radius 1 is 1.45 bits per heavy atom. The van der Waals surface area contributed by atoms with E-state index in [9.17, 15) is 4.79 Å². The molecule has 0 bridgehead atoms. The van der Waals surface area contributed by atoms with Crippen LogP contribution < -0.4 is 4.74 Å². The Kier molecular flexibility index (Phi) is 4.74. The lowest BCUT2D eigenvalue weighted by atomic mass is 10.1. The quantitative estimate of drug-likeness (QED) is 0.769. The number of ether oxygens (including phenoxy) is 1. The topological polar surface area (TPSA) is 57.0 Å². The molecule has 6 heteroatoms. The third-order valence-corrected chi connectivity index (χ3v) is 3.15.